The van der Waals surface area contributed by atoms with Gasteiger partial charge in [0.1, 0.15) is 0 Å². The first-order valence-electron chi connectivity index (χ1n) is 7.24. The molecule has 0 heterocycles. The molecule has 4 N–H and O–H groups in total. The normalized spacial score (nSPS) is 9.50. The highest BCUT2D eigenvalue weighted by molar-refractivity contribution is 5.93. The highest BCUT2D eigenvalue weighted by Gasteiger charge is 2.06. The quantitative estimate of drug-likeness (QED) is 0.501. The van der Waals surface area contributed by atoms with Crippen LogP contribution in [0.2, 0.25) is 0 Å². The van der Waals surface area contributed by atoms with Gasteiger partial charge in [-0.25, -0.2) is 9.59 Å². The zero-order valence-corrected chi connectivity index (χ0v) is 13.0. The molecule has 0 aliphatic rings. The first-order valence-corrected chi connectivity index (χ1v) is 7.24. The van der Waals surface area contributed by atoms with Crippen molar-refractivity contribution in [3.05, 3.63) is 35.4 Å². The highest BCUT2D eigenvalue weighted by atomic mass is 16.4. The van der Waals surface area contributed by atoms with E-state index in [0.717, 1.165) is 18.9 Å². The van der Waals surface area contributed by atoms with Gasteiger partial charge in [0.05, 0.1) is 11.1 Å². The minimum Gasteiger partial charge on any atom is -0.481 e. The molecule has 0 saturated carbocycles. The molecule has 8 heteroatoms. The zero-order valence-electron chi connectivity index (χ0n) is 13.0. The molecule has 1 rings (SSSR count). The molecule has 24 heavy (non-hydrogen) atoms. The predicted molar refractivity (Wildman–Crippen MR) is 83.3 cm³/mol. The molecular weight excluding hydrogens is 320 g/mol. The van der Waals surface area contributed by atoms with Gasteiger partial charge >= 0.3 is 23.9 Å². The Morgan fingerprint density at radius 3 is 1.33 bits per heavy atom. The molecule has 132 valence electrons. The lowest BCUT2D eigenvalue weighted by atomic mass is 10.1. The molecule has 0 aromatic heterocycles. The summed E-state index contributed by atoms with van der Waals surface area (Å²) in [6.45, 7) is 0. The van der Waals surface area contributed by atoms with E-state index in [1.54, 1.807) is 0 Å². The molecule has 8 nitrogen and oxygen atoms in total. The van der Waals surface area contributed by atoms with Crippen LogP contribution in [0.3, 0.4) is 0 Å². The number of carboxylic acids is 4. The van der Waals surface area contributed by atoms with E-state index in [1.165, 1.54) is 18.2 Å². The Labute approximate surface area is 138 Å². The second-order valence-corrected chi connectivity index (χ2v) is 4.89. The summed E-state index contributed by atoms with van der Waals surface area (Å²) in [5.41, 5.74) is -0.0372. The second kappa shape index (κ2) is 11.6. The topological polar surface area (TPSA) is 149 Å². The lowest BCUT2D eigenvalue weighted by Crippen LogP contribution is -2.01. The predicted octanol–water partition coefficient (Wildman–Crippen LogP) is 2.58. The molecule has 0 aliphatic heterocycles. The van der Waals surface area contributed by atoms with Gasteiger partial charge in [-0.15, -0.1) is 0 Å². The maximum atomic E-state index is 10.4. The molecule has 0 saturated heterocycles. The Hall–Kier alpha value is -2.90. The smallest absolute Gasteiger partial charge is 0.335 e. The highest BCUT2D eigenvalue weighted by Crippen LogP contribution is 2.05. The number of carbonyl (C=O) groups is 4. The van der Waals surface area contributed by atoms with Gasteiger partial charge < -0.3 is 20.4 Å². The van der Waals surface area contributed by atoms with Gasteiger partial charge in [0.25, 0.3) is 0 Å². The van der Waals surface area contributed by atoms with Crippen LogP contribution in [0, 0.1) is 0 Å². The monoisotopic (exact) mass is 340 g/mol. The van der Waals surface area contributed by atoms with Crippen LogP contribution >= 0.6 is 0 Å². The zero-order chi connectivity index (χ0) is 18.5. The average Bonchev–Trinajstić information content (AvgIpc) is 2.51. The fourth-order valence-corrected chi connectivity index (χ4v) is 1.69. The van der Waals surface area contributed by atoms with Gasteiger partial charge in [-0.2, -0.15) is 0 Å². The van der Waals surface area contributed by atoms with Gasteiger partial charge in [0, 0.05) is 12.8 Å². The Bertz CT molecular complexity index is 532. The van der Waals surface area contributed by atoms with E-state index >= 15 is 0 Å². The van der Waals surface area contributed by atoms with Crippen LogP contribution in [0.25, 0.3) is 0 Å². The first-order chi connectivity index (χ1) is 11.2. The standard InChI is InChI=1S/C8H6O4.C8H14O4/c9-7(10)5-2-1-3-6(4-5)8(11)12;9-7(10)5-3-1-2-4-6-8(11)12/h1-4H,(H,9,10)(H,11,12);1-6H2,(H,9,10)(H,11,12). The Kier molecular flexibility index (Phi) is 10.2. The minimum absolute atomic E-state index is 0.0186. The molecule has 0 fully saturated rings. The minimum atomic E-state index is -1.13. The number of carboxylic acid groups (broad SMARTS) is 4. The Morgan fingerprint density at radius 1 is 0.667 bits per heavy atom. The number of unbranched alkanes of at least 4 members (excludes halogenated alkanes) is 3. The number of hydrogen-bond donors (Lipinski definition) is 4. The van der Waals surface area contributed by atoms with Gasteiger partial charge in [0.2, 0.25) is 0 Å². The maximum Gasteiger partial charge on any atom is 0.335 e. The Morgan fingerprint density at radius 2 is 1.04 bits per heavy atom. The largest absolute Gasteiger partial charge is 0.481 e. The van der Waals surface area contributed by atoms with E-state index < -0.39 is 23.9 Å². The van der Waals surface area contributed by atoms with Crippen molar-refractivity contribution in [3.63, 3.8) is 0 Å². The Balaban J connectivity index is 0.000000441. The van der Waals surface area contributed by atoms with Crippen molar-refractivity contribution in [2.24, 2.45) is 0 Å². The van der Waals surface area contributed by atoms with Crippen LogP contribution in [0.5, 0.6) is 0 Å². The molecular formula is C16H20O8. The number of aromatic carboxylic acids is 2. The van der Waals surface area contributed by atoms with Crippen LogP contribution in [-0.4, -0.2) is 44.3 Å². The van der Waals surface area contributed by atoms with E-state index in [-0.39, 0.29) is 24.0 Å². The third-order valence-electron chi connectivity index (χ3n) is 2.89. The van der Waals surface area contributed by atoms with Crippen LogP contribution in [0.15, 0.2) is 24.3 Å². The number of aliphatic carboxylic acids is 2. The summed E-state index contributed by atoms with van der Waals surface area (Å²) in [6.07, 6.45) is 3.28. The average molecular weight is 340 g/mol. The molecule has 0 radical (unpaired) electrons. The van der Waals surface area contributed by atoms with Crippen molar-refractivity contribution >= 4 is 23.9 Å². The number of benzene rings is 1. The summed E-state index contributed by atoms with van der Waals surface area (Å²) in [5, 5.41) is 33.5. The van der Waals surface area contributed by atoms with Crippen molar-refractivity contribution in [3.8, 4) is 0 Å². The number of rotatable bonds is 9. The first kappa shape index (κ1) is 21.1. The summed E-state index contributed by atoms with van der Waals surface area (Å²) in [6, 6.07) is 5.20. The van der Waals surface area contributed by atoms with Crippen LogP contribution < -0.4 is 0 Å². The van der Waals surface area contributed by atoms with Gasteiger partial charge in [-0.05, 0) is 31.0 Å². The van der Waals surface area contributed by atoms with Gasteiger partial charge in [-0.1, -0.05) is 18.9 Å². The third-order valence-corrected chi connectivity index (χ3v) is 2.89. The fourth-order valence-electron chi connectivity index (χ4n) is 1.69. The molecule has 0 bridgehead atoms. The SMILES string of the molecule is O=C(O)CCCCCCC(=O)O.O=C(O)c1cccc(C(=O)O)c1. The van der Waals surface area contributed by atoms with Crippen molar-refractivity contribution < 1.29 is 39.6 Å². The summed E-state index contributed by atoms with van der Waals surface area (Å²) in [4.78, 5) is 40.9. The summed E-state index contributed by atoms with van der Waals surface area (Å²) in [5.74, 6) is -3.82. The summed E-state index contributed by atoms with van der Waals surface area (Å²) < 4.78 is 0. The summed E-state index contributed by atoms with van der Waals surface area (Å²) >= 11 is 0. The lowest BCUT2D eigenvalue weighted by molar-refractivity contribution is -0.138. The van der Waals surface area contributed by atoms with Crippen LogP contribution in [0.1, 0.15) is 59.2 Å². The van der Waals surface area contributed by atoms with Crippen molar-refractivity contribution in [2.45, 2.75) is 38.5 Å². The van der Waals surface area contributed by atoms with Crippen LogP contribution in [-0.2, 0) is 9.59 Å². The molecule has 0 amide bonds. The third kappa shape index (κ3) is 10.8. The van der Waals surface area contributed by atoms with E-state index in [0.29, 0.717) is 12.8 Å². The van der Waals surface area contributed by atoms with Crippen LogP contribution in [0.4, 0.5) is 0 Å². The maximum absolute atomic E-state index is 10.4. The lowest BCUT2D eigenvalue weighted by Gasteiger charge is -1.96. The van der Waals surface area contributed by atoms with E-state index in [1.807, 2.05) is 0 Å². The number of hydrogen-bond acceptors (Lipinski definition) is 4. The second-order valence-electron chi connectivity index (χ2n) is 4.89. The molecule has 1 aromatic carbocycles. The molecule has 1 aromatic rings. The molecule has 0 aliphatic carbocycles. The van der Waals surface area contributed by atoms with E-state index in [2.05, 4.69) is 0 Å². The van der Waals surface area contributed by atoms with E-state index in [9.17, 15) is 19.2 Å². The molecule has 0 unspecified atom stereocenters. The molecule has 0 atom stereocenters. The van der Waals surface area contributed by atoms with Gasteiger partial charge in [-0.3, -0.25) is 9.59 Å². The summed E-state index contributed by atoms with van der Waals surface area (Å²) in [7, 11) is 0. The van der Waals surface area contributed by atoms with E-state index in [4.69, 9.17) is 20.4 Å². The molecule has 0 spiro atoms. The van der Waals surface area contributed by atoms with Crippen molar-refractivity contribution in [2.75, 3.05) is 0 Å². The van der Waals surface area contributed by atoms with Crippen molar-refractivity contribution in [1.29, 1.82) is 0 Å². The fraction of sp³-hybridized carbons (Fsp3) is 0.375. The van der Waals surface area contributed by atoms with Gasteiger partial charge in [0.15, 0.2) is 0 Å². The van der Waals surface area contributed by atoms with Crippen molar-refractivity contribution in [1.82, 2.24) is 0 Å².